The van der Waals surface area contributed by atoms with Gasteiger partial charge in [-0.3, -0.25) is 14.5 Å². The van der Waals surface area contributed by atoms with Gasteiger partial charge < -0.3 is 0 Å². The molecule has 0 saturated carbocycles. The van der Waals surface area contributed by atoms with E-state index >= 15 is 0 Å². The Kier molecular flexibility index (Phi) is 1.48. The van der Waals surface area contributed by atoms with Crippen molar-refractivity contribution < 1.29 is 4.52 Å². The van der Waals surface area contributed by atoms with Gasteiger partial charge in [-0.1, -0.05) is 5.16 Å². The van der Waals surface area contributed by atoms with Crippen LogP contribution in [0.15, 0.2) is 33.8 Å². The lowest BCUT2D eigenvalue weighted by Gasteiger charge is -1.89. The minimum atomic E-state index is -0.554. The van der Waals surface area contributed by atoms with Gasteiger partial charge in [-0.15, -0.1) is 0 Å². The van der Waals surface area contributed by atoms with E-state index in [9.17, 15) is 4.79 Å². The van der Waals surface area contributed by atoms with Crippen molar-refractivity contribution in [3.63, 3.8) is 0 Å². The fourth-order valence-corrected chi connectivity index (χ4v) is 0.864. The van der Waals surface area contributed by atoms with E-state index in [-0.39, 0.29) is 0 Å². The first kappa shape index (κ1) is 6.78. The van der Waals surface area contributed by atoms with Crippen molar-refractivity contribution in [1.82, 2.24) is 15.1 Å². The van der Waals surface area contributed by atoms with E-state index in [0.29, 0.717) is 5.82 Å². The molecule has 0 radical (unpaired) electrons. The van der Waals surface area contributed by atoms with Gasteiger partial charge in [0.2, 0.25) is 0 Å². The van der Waals surface area contributed by atoms with Crippen LogP contribution < -0.4 is 5.76 Å². The van der Waals surface area contributed by atoms with Crippen molar-refractivity contribution in [2.75, 3.05) is 0 Å². The van der Waals surface area contributed by atoms with Crippen molar-refractivity contribution in [1.29, 1.82) is 0 Å². The van der Waals surface area contributed by atoms with Gasteiger partial charge in [0.1, 0.15) is 0 Å². The molecule has 60 valence electrons. The summed E-state index contributed by atoms with van der Waals surface area (Å²) in [7, 11) is 0. The second-order valence-electron chi connectivity index (χ2n) is 2.18. The van der Waals surface area contributed by atoms with Crippen LogP contribution in [0.25, 0.3) is 11.4 Å². The predicted molar refractivity (Wildman–Crippen MR) is 40.4 cm³/mol. The van der Waals surface area contributed by atoms with Crippen LogP contribution in [-0.2, 0) is 0 Å². The van der Waals surface area contributed by atoms with Gasteiger partial charge >= 0.3 is 5.76 Å². The maximum absolute atomic E-state index is 10.6. The van der Waals surface area contributed by atoms with Crippen molar-refractivity contribution in [3.05, 3.63) is 35.1 Å². The van der Waals surface area contributed by atoms with Crippen molar-refractivity contribution >= 4 is 0 Å². The minimum absolute atomic E-state index is 0.419. The molecule has 2 heterocycles. The lowest BCUT2D eigenvalue weighted by Crippen LogP contribution is -1.94. The van der Waals surface area contributed by atoms with E-state index in [4.69, 9.17) is 0 Å². The molecular formula is C7H5N3O2. The zero-order chi connectivity index (χ0) is 8.39. The molecule has 0 amide bonds. The van der Waals surface area contributed by atoms with E-state index in [2.05, 4.69) is 19.6 Å². The predicted octanol–water partition coefficient (Wildman–Crippen LogP) is 0.425. The first-order valence-corrected chi connectivity index (χ1v) is 3.32. The van der Waals surface area contributed by atoms with E-state index in [1.807, 2.05) is 0 Å². The summed E-state index contributed by atoms with van der Waals surface area (Å²) in [6.45, 7) is 0. The summed E-state index contributed by atoms with van der Waals surface area (Å²) in [5.41, 5.74) is 0.774. The zero-order valence-corrected chi connectivity index (χ0v) is 6.02. The number of rotatable bonds is 1. The SMILES string of the molecule is O=c1[nH]c(-c2ccncc2)no1. The minimum Gasteiger partial charge on any atom is -0.296 e. The van der Waals surface area contributed by atoms with Gasteiger partial charge in [-0.2, -0.15) is 0 Å². The lowest BCUT2D eigenvalue weighted by atomic mass is 10.3. The molecule has 5 nitrogen and oxygen atoms in total. The Labute approximate surface area is 67.1 Å². The van der Waals surface area contributed by atoms with E-state index in [0.717, 1.165) is 5.56 Å². The third kappa shape index (κ3) is 1.12. The molecule has 0 unspecified atom stereocenters. The molecular weight excluding hydrogens is 158 g/mol. The number of pyridine rings is 1. The summed E-state index contributed by atoms with van der Waals surface area (Å²) in [4.78, 5) is 16.8. The molecule has 5 heteroatoms. The van der Waals surface area contributed by atoms with Crippen LogP contribution >= 0.6 is 0 Å². The zero-order valence-electron chi connectivity index (χ0n) is 6.02. The summed E-state index contributed by atoms with van der Waals surface area (Å²) in [5, 5.41) is 3.52. The Morgan fingerprint density at radius 3 is 2.67 bits per heavy atom. The summed E-state index contributed by atoms with van der Waals surface area (Å²) >= 11 is 0. The average Bonchev–Trinajstić information content (AvgIpc) is 2.54. The van der Waals surface area contributed by atoms with Crippen LogP contribution in [0.3, 0.4) is 0 Å². The fourth-order valence-electron chi connectivity index (χ4n) is 0.864. The molecule has 2 rings (SSSR count). The lowest BCUT2D eigenvalue weighted by molar-refractivity contribution is 0.388. The van der Waals surface area contributed by atoms with Gasteiger partial charge in [0.05, 0.1) is 0 Å². The third-order valence-corrected chi connectivity index (χ3v) is 1.39. The standard InChI is InChI=1S/C7H5N3O2/c11-7-9-6(10-12-7)5-1-3-8-4-2-5/h1-4H,(H,9,10,11). The molecule has 0 aromatic carbocycles. The van der Waals surface area contributed by atoms with Crippen LogP contribution in [0.2, 0.25) is 0 Å². The number of hydrogen-bond donors (Lipinski definition) is 1. The van der Waals surface area contributed by atoms with Crippen LogP contribution in [0.1, 0.15) is 0 Å². The Bertz CT molecular complexity index is 417. The first-order chi connectivity index (χ1) is 5.86. The molecule has 2 aromatic heterocycles. The highest BCUT2D eigenvalue weighted by molar-refractivity contribution is 5.52. The topological polar surface area (TPSA) is 71.8 Å². The van der Waals surface area contributed by atoms with Crippen molar-refractivity contribution in [2.45, 2.75) is 0 Å². The average molecular weight is 163 g/mol. The second-order valence-corrected chi connectivity index (χ2v) is 2.18. The van der Waals surface area contributed by atoms with E-state index in [1.54, 1.807) is 24.5 Å². The smallest absolute Gasteiger partial charge is 0.296 e. The van der Waals surface area contributed by atoms with E-state index < -0.39 is 5.76 Å². The Hall–Kier alpha value is -1.91. The molecule has 0 spiro atoms. The molecule has 0 atom stereocenters. The maximum Gasteiger partial charge on any atom is 0.439 e. The van der Waals surface area contributed by atoms with E-state index in [1.165, 1.54) is 0 Å². The number of aromatic amines is 1. The largest absolute Gasteiger partial charge is 0.439 e. The molecule has 0 aliphatic carbocycles. The Balaban J connectivity index is 2.51. The molecule has 0 aliphatic rings. The van der Waals surface area contributed by atoms with Gasteiger partial charge in [0.15, 0.2) is 5.82 Å². The van der Waals surface area contributed by atoms with Gasteiger partial charge in [0.25, 0.3) is 0 Å². The van der Waals surface area contributed by atoms with Crippen LogP contribution in [-0.4, -0.2) is 15.1 Å². The highest BCUT2D eigenvalue weighted by Gasteiger charge is 2.01. The Morgan fingerprint density at radius 2 is 2.08 bits per heavy atom. The third-order valence-electron chi connectivity index (χ3n) is 1.39. The van der Waals surface area contributed by atoms with Crippen LogP contribution in [0, 0.1) is 0 Å². The van der Waals surface area contributed by atoms with Crippen molar-refractivity contribution in [2.24, 2.45) is 0 Å². The Morgan fingerprint density at radius 1 is 1.33 bits per heavy atom. The molecule has 1 N–H and O–H groups in total. The first-order valence-electron chi connectivity index (χ1n) is 3.32. The highest BCUT2D eigenvalue weighted by Crippen LogP contribution is 2.09. The molecule has 0 aliphatic heterocycles. The number of H-pyrrole nitrogens is 1. The molecule has 2 aromatic rings. The van der Waals surface area contributed by atoms with Gasteiger partial charge in [0, 0.05) is 18.0 Å². The number of aromatic nitrogens is 3. The monoisotopic (exact) mass is 163 g/mol. The normalized spacial score (nSPS) is 10.0. The molecule has 0 bridgehead atoms. The van der Waals surface area contributed by atoms with Gasteiger partial charge in [-0.25, -0.2) is 4.79 Å². The van der Waals surface area contributed by atoms with Gasteiger partial charge in [-0.05, 0) is 12.1 Å². The van der Waals surface area contributed by atoms with Crippen molar-refractivity contribution in [3.8, 4) is 11.4 Å². The number of nitrogens with one attached hydrogen (secondary N) is 1. The molecule has 0 saturated heterocycles. The summed E-state index contributed by atoms with van der Waals surface area (Å²) in [6, 6.07) is 3.46. The fraction of sp³-hybridized carbons (Fsp3) is 0. The highest BCUT2D eigenvalue weighted by atomic mass is 16.5. The van der Waals surface area contributed by atoms with Crippen LogP contribution in [0.4, 0.5) is 0 Å². The quantitative estimate of drug-likeness (QED) is 0.661. The number of nitrogens with zero attached hydrogens (tertiary/aromatic N) is 2. The molecule has 12 heavy (non-hydrogen) atoms. The second kappa shape index (κ2) is 2.61. The molecule has 0 fully saturated rings. The number of hydrogen-bond acceptors (Lipinski definition) is 4. The maximum atomic E-state index is 10.6. The summed E-state index contributed by atoms with van der Waals surface area (Å²) < 4.78 is 4.34. The van der Waals surface area contributed by atoms with Crippen LogP contribution in [0.5, 0.6) is 0 Å². The summed E-state index contributed by atoms with van der Waals surface area (Å²) in [6.07, 6.45) is 3.23. The summed E-state index contributed by atoms with van der Waals surface area (Å²) in [5.74, 6) is -0.135.